The molecular formula is C14H10Br2O2. The van der Waals surface area contributed by atoms with Crippen molar-refractivity contribution >= 4 is 37.6 Å². The van der Waals surface area contributed by atoms with E-state index in [0.717, 1.165) is 8.95 Å². The van der Waals surface area contributed by atoms with Gasteiger partial charge < -0.3 is 4.74 Å². The van der Waals surface area contributed by atoms with Crippen LogP contribution >= 0.6 is 31.9 Å². The molecule has 0 bridgehead atoms. The van der Waals surface area contributed by atoms with Crippen molar-refractivity contribution in [1.82, 2.24) is 0 Å². The Morgan fingerprint density at radius 2 is 1.78 bits per heavy atom. The number of rotatable bonds is 3. The number of hydrogen-bond acceptors (Lipinski definition) is 2. The number of methoxy groups -OCH3 is 1. The highest BCUT2D eigenvalue weighted by Crippen LogP contribution is 2.27. The number of hydrogen-bond donors (Lipinski definition) is 0. The number of halogens is 2. The predicted octanol–water partition coefficient (Wildman–Crippen LogP) is 4.45. The maximum atomic E-state index is 12.5. The minimum absolute atomic E-state index is 0.0689. The van der Waals surface area contributed by atoms with E-state index in [1.807, 2.05) is 24.3 Å². The van der Waals surface area contributed by atoms with Gasteiger partial charge in [-0.1, -0.05) is 44.0 Å². The summed E-state index contributed by atoms with van der Waals surface area (Å²) in [5.41, 5.74) is 1.16. The second-order valence-corrected chi connectivity index (χ2v) is 5.42. The summed E-state index contributed by atoms with van der Waals surface area (Å²) in [5.74, 6) is 0.500. The Hall–Kier alpha value is -1.13. The molecule has 0 atom stereocenters. The molecule has 0 unspecified atom stereocenters. The number of carbonyl (C=O) groups is 1. The van der Waals surface area contributed by atoms with Crippen LogP contribution in [0.4, 0.5) is 0 Å². The van der Waals surface area contributed by atoms with Gasteiger partial charge in [0.15, 0.2) is 5.78 Å². The minimum atomic E-state index is -0.0689. The minimum Gasteiger partial charge on any atom is -0.496 e. The largest absolute Gasteiger partial charge is 0.496 e. The Morgan fingerprint density at radius 3 is 2.44 bits per heavy atom. The molecule has 0 aliphatic carbocycles. The first kappa shape index (κ1) is 13.3. The van der Waals surface area contributed by atoms with Crippen LogP contribution in [0.25, 0.3) is 0 Å². The van der Waals surface area contributed by atoms with Gasteiger partial charge in [0.2, 0.25) is 0 Å². The monoisotopic (exact) mass is 368 g/mol. The predicted molar refractivity (Wildman–Crippen MR) is 78.3 cm³/mol. The molecule has 0 saturated carbocycles. The molecule has 0 spiro atoms. The van der Waals surface area contributed by atoms with Gasteiger partial charge in [0.05, 0.1) is 12.7 Å². The Kier molecular flexibility index (Phi) is 4.19. The Bertz CT molecular complexity index is 594. The van der Waals surface area contributed by atoms with Crippen LogP contribution < -0.4 is 4.74 Å². The van der Waals surface area contributed by atoms with Gasteiger partial charge >= 0.3 is 0 Å². The van der Waals surface area contributed by atoms with Crippen LogP contribution in [0.3, 0.4) is 0 Å². The number of ether oxygens (including phenoxy) is 1. The topological polar surface area (TPSA) is 26.3 Å². The van der Waals surface area contributed by atoms with Gasteiger partial charge in [0.25, 0.3) is 0 Å². The molecule has 0 aliphatic heterocycles. The van der Waals surface area contributed by atoms with Crippen molar-refractivity contribution in [2.75, 3.05) is 7.11 Å². The zero-order valence-electron chi connectivity index (χ0n) is 9.61. The lowest BCUT2D eigenvalue weighted by Crippen LogP contribution is -2.04. The average Bonchev–Trinajstić information content (AvgIpc) is 2.38. The van der Waals surface area contributed by atoms with Crippen LogP contribution in [-0.2, 0) is 0 Å². The molecular weight excluding hydrogens is 360 g/mol. The number of benzene rings is 2. The van der Waals surface area contributed by atoms with Crippen molar-refractivity contribution in [3.8, 4) is 5.75 Å². The van der Waals surface area contributed by atoms with E-state index >= 15 is 0 Å². The second kappa shape index (κ2) is 5.67. The second-order valence-electron chi connectivity index (χ2n) is 3.65. The van der Waals surface area contributed by atoms with Crippen molar-refractivity contribution in [2.45, 2.75) is 0 Å². The van der Waals surface area contributed by atoms with Crippen molar-refractivity contribution < 1.29 is 9.53 Å². The van der Waals surface area contributed by atoms with E-state index < -0.39 is 0 Å². The fourth-order valence-corrected chi connectivity index (χ4v) is 2.47. The average molecular weight is 370 g/mol. The fraction of sp³-hybridized carbons (Fsp3) is 0.0714. The molecule has 92 valence electrons. The van der Waals surface area contributed by atoms with Crippen LogP contribution in [0.2, 0.25) is 0 Å². The molecule has 2 nitrogen and oxygen atoms in total. The normalized spacial score (nSPS) is 10.2. The van der Waals surface area contributed by atoms with E-state index in [1.165, 1.54) is 0 Å². The molecule has 0 N–H and O–H groups in total. The molecule has 4 heteroatoms. The first-order valence-electron chi connectivity index (χ1n) is 5.26. The van der Waals surface area contributed by atoms with Crippen LogP contribution in [0, 0.1) is 0 Å². The zero-order valence-corrected chi connectivity index (χ0v) is 12.8. The van der Waals surface area contributed by atoms with Crippen LogP contribution in [-0.4, -0.2) is 12.9 Å². The lowest BCUT2D eigenvalue weighted by Gasteiger charge is -2.09. The fourth-order valence-electron chi connectivity index (χ4n) is 1.65. The van der Waals surface area contributed by atoms with Crippen LogP contribution in [0.15, 0.2) is 51.4 Å². The first-order valence-corrected chi connectivity index (χ1v) is 6.85. The van der Waals surface area contributed by atoms with Crippen molar-refractivity contribution in [3.05, 3.63) is 62.5 Å². The Labute approximate surface area is 122 Å². The van der Waals surface area contributed by atoms with Gasteiger partial charge in [-0.25, -0.2) is 0 Å². The van der Waals surface area contributed by atoms with E-state index in [2.05, 4.69) is 31.9 Å². The standard InChI is InChI=1S/C14H10Br2O2/c1-18-13-7-6-9(15)8-11(13)14(17)10-4-2-3-5-12(10)16/h2-8H,1H3. The molecule has 0 aromatic heterocycles. The van der Waals surface area contributed by atoms with Crippen LogP contribution in [0.5, 0.6) is 5.75 Å². The van der Waals surface area contributed by atoms with Gasteiger partial charge in [-0.15, -0.1) is 0 Å². The summed E-state index contributed by atoms with van der Waals surface area (Å²) in [7, 11) is 1.56. The summed E-state index contributed by atoms with van der Waals surface area (Å²) in [6.45, 7) is 0. The highest BCUT2D eigenvalue weighted by molar-refractivity contribution is 9.10. The highest BCUT2D eigenvalue weighted by atomic mass is 79.9. The van der Waals surface area contributed by atoms with E-state index in [9.17, 15) is 4.79 Å². The first-order chi connectivity index (χ1) is 8.63. The summed E-state index contributed by atoms with van der Waals surface area (Å²) >= 11 is 6.75. The maximum absolute atomic E-state index is 12.5. The van der Waals surface area contributed by atoms with Crippen molar-refractivity contribution in [2.24, 2.45) is 0 Å². The SMILES string of the molecule is COc1ccc(Br)cc1C(=O)c1ccccc1Br. The number of ketones is 1. The quantitative estimate of drug-likeness (QED) is 0.747. The summed E-state index contributed by atoms with van der Waals surface area (Å²) < 4.78 is 6.85. The van der Waals surface area contributed by atoms with Crippen molar-refractivity contribution in [1.29, 1.82) is 0 Å². The van der Waals surface area contributed by atoms with Gasteiger partial charge in [0, 0.05) is 14.5 Å². The van der Waals surface area contributed by atoms with Gasteiger partial charge in [-0.2, -0.15) is 0 Å². The summed E-state index contributed by atoms with van der Waals surface area (Å²) in [4.78, 5) is 12.5. The molecule has 0 amide bonds. The van der Waals surface area contributed by atoms with E-state index in [4.69, 9.17) is 4.74 Å². The van der Waals surface area contributed by atoms with Crippen molar-refractivity contribution in [3.63, 3.8) is 0 Å². The van der Waals surface area contributed by atoms with E-state index in [-0.39, 0.29) is 5.78 Å². The maximum Gasteiger partial charge on any atom is 0.197 e. The van der Waals surface area contributed by atoms with Crippen LogP contribution in [0.1, 0.15) is 15.9 Å². The van der Waals surface area contributed by atoms with Gasteiger partial charge in [0.1, 0.15) is 5.75 Å². The molecule has 2 aromatic carbocycles. The third-order valence-corrected chi connectivity index (χ3v) is 3.71. The van der Waals surface area contributed by atoms with Gasteiger partial charge in [-0.3, -0.25) is 4.79 Å². The van der Waals surface area contributed by atoms with E-state index in [1.54, 1.807) is 25.3 Å². The molecule has 0 saturated heterocycles. The number of carbonyl (C=O) groups excluding carboxylic acids is 1. The Morgan fingerprint density at radius 1 is 1.06 bits per heavy atom. The molecule has 0 fully saturated rings. The third kappa shape index (κ3) is 2.65. The van der Waals surface area contributed by atoms with E-state index in [0.29, 0.717) is 16.9 Å². The molecule has 0 heterocycles. The molecule has 2 aromatic rings. The summed E-state index contributed by atoms with van der Waals surface area (Å²) in [6.07, 6.45) is 0. The molecule has 18 heavy (non-hydrogen) atoms. The molecule has 2 rings (SSSR count). The molecule has 0 radical (unpaired) electrons. The smallest absolute Gasteiger partial charge is 0.197 e. The lowest BCUT2D eigenvalue weighted by molar-refractivity contribution is 0.103. The third-order valence-electron chi connectivity index (χ3n) is 2.52. The highest BCUT2D eigenvalue weighted by Gasteiger charge is 2.16. The zero-order chi connectivity index (χ0) is 13.1. The Balaban J connectivity index is 2.52. The lowest BCUT2D eigenvalue weighted by atomic mass is 10.0. The van der Waals surface area contributed by atoms with Gasteiger partial charge in [-0.05, 0) is 30.3 Å². The summed E-state index contributed by atoms with van der Waals surface area (Å²) in [5, 5.41) is 0. The molecule has 0 aliphatic rings. The summed E-state index contributed by atoms with van der Waals surface area (Å²) in [6, 6.07) is 12.7.